The first-order valence-electron chi connectivity index (χ1n) is 9.53. The zero-order valence-corrected chi connectivity index (χ0v) is 19.6. The highest BCUT2D eigenvalue weighted by molar-refractivity contribution is 7.19. The van der Waals surface area contributed by atoms with E-state index in [1.165, 1.54) is 11.3 Å². The van der Waals surface area contributed by atoms with Crippen molar-refractivity contribution < 1.29 is 18.9 Å². The van der Waals surface area contributed by atoms with E-state index in [2.05, 4.69) is 10.9 Å². The predicted octanol–water partition coefficient (Wildman–Crippen LogP) is 5.60. The molecule has 0 aliphatic carbocycles. The summed E-state index contributed by atoms with van der Waals surface area (Å²) in [5.41, 5.74) is 3.33. The topological polar surface area (TPSA) is 68.3 Å². The molecule has 0 atom stereocenters. The van der Waals surface area contributed by atoms with Gasteiger partial charge in [-0.05, 0) is 30.3 Å². The normalized spacial score (nSPS) is 10.1. The number of hydrogen-bond donors (Lipinski definition) is 0. The minimum Gasteiger partial charge on any atom is -0.497 e. The van der Waals surface area contributed by atoms with Crippen LogP contribution >= 0.6 is 11.3 Å². The predicted molar refractivity (Wildman–Crippen MR) is 127 cm³/mol. The average molecular weight is 450 g/mol. The fraction of sp³-hybridized carbons (Fsp3) is 0.250. The summed E-state index contributed by atoms with van der Waals surface area (Å²) < 4.78 is 22.5. The van der Waals surface area contributed by atoms with Crippen LogP contribution in [0.3, 0.4) is 0 Å². The Morgan fingerprint density at radius 1 is 0.844 bits per heavy atom. The lowest BCUT2D eigenvalue weighted by Crippen LogP contribution is -2.08. The highest BCUT2D eigenvalue weighted by Crippen LogP contribution is 2.53. The van der Waals surface area contributed by atoms with Gasteiger partial charge >= 0.3 is 0 Å². The number of rotatable bonds is 7. The van der Waals surface area contributed by atoms with Gasteiger partial charge in [-0.2, -0.15) is 5.26 Å². The molecule has 1 heterocycles. The Kier molecular flexibility index (Phi) is 6.77. The maximum atomic E-state index is 9.38. The van der Waals surface area contributed by atoms with Crippen LogP contribution in [-0.2, 0) is 0 Å². The second-order valence-corrected chi connectivity index (χ2v) is 7.98. The van der Waals surface area contributed by atoms with Crippen LogP contribution in [0, 0.1) is 17.9 Å². The molecule has 0 fully saturated rings. The number of thiophene rings is 1. The minimum atomic E-state index is 0.433. The lowest BCUT2D eigenvalue weighted by atomic mass is 10.1. The summed E-state index contributed by atoms with van der Waals surface area (Å²) >= 11 is 1.52. The van der Waals surface area contributed by atoms with Gasteiger partial charge < -0.3 is 23.8 Å². The number of nitrogens with zero attached hydrogens (tertiary/aromatic N) is 3. The van der Waals surface area contributed by atoms with Crippen molar-refractivity contribution in [3.05, 3.63) is 47.3 Å². The maximum Gasteiger partial charge on any atom is 0.194 e. The molecule has 3 aromatic rings. The lowest BCUT2D eigenvalue weighted by Gasteiger charge is -2.17. The Labute approximate surface area is 191 Å². The molecule has 7 nitrogen and oxygen atoms in total. The molecule has 32 heavy (non-hydrogen) atoms. The number of benzene rings is 2. The fourth-order valence-electron chi connectivity index (χ4n) is 3.42. The molecule has 0 bridgehead atoms. The van der Waals surface area contributed by atoms with Gasteiger partial charge in [-0.3, -0.25) is 0 Å². The monoisotopic (exact) mass is 449 g/mol. The second-order valence-electron chi connectivity index (χ2n) is 6.92. The molecule has 0 unspecified atom stereocenters. The minimum absolute atomic E-state index is 0.433. The van der Waals surface area contributed by atoms with Gasteiger partial charge in [0, 0.05) is 19.0 Å². The van der Waals surface area contributed by atoms with E-state index in [4.69, 9.17) is 25.5 Å². The van der Waals surface area contributed by atoms with Crippen molar-refractivity contribution in [3.63, 3.8) is 0 Å². The molecular weight excluding hydrogens is 426 g/mol. The van der Waals surface area contributed by atoms with Gasteiger partial charge in [0.1, 0.15) is 23.0 Å². The molecule has 0 amide bonds. The van der Waals surface area contributed by atoms with Gasteiger partial charge in [0.15, 0.2) is 5.69 Å². The molecule has 0 saturated carbocycles. The molecule has 0 spiro atoms. The molecule has 0 aliphatic rings. The zero-order valence-electron chi connectivity index (χ0n) is 18.8. The van der Waals surface area contributed by atoms with Gasteiger partial charge in [0.2, 0.25) is 0 Å². The van der Waals surface area contributed by atoms with Crippen molar-refractivity contribution in [3.8, 4) is 49.9 Å². The molecule has 2 aromatic carbocycles. The van der Waals surface area contributed by atoms with Crippen molar-refractivity contribution in [1.29, 1.82) is 5.26 Å². The molecule has 3 rings (SSSR count). The first kappa shape index (κ1) is 22.8. The summed E-state index contributed by atoms with van der Waals surface area (Å²) in [5, 5.41) is 9.38. The largest absolute Gasteiger partial charge is 0.497 e. The van der Waals surface area contributed by atoms with E-state index in [0.29, 0.717) is 34.2 Å². The molecule has 1 aromatic heterocycles. The quantitative estimate of drug-likeness (QED) is 0.437. The van der Waals surface area contributed by atoms with Crippen LogP contribution in [0.4, 0.5) is 11.4 Å². The third-order valence-corrected chi connectivity index (χ3v) is 6.08. The van der Waals surface area contributed by atoms with Crippen molar-refractivity contribution in [2.24, 2.45) is 0 Å². The van der Waals surface area contributed by atoms with Crippen LogP contribution in [0.25, 0.3) is 25.7 Å². The highest BCUT2D eigenvalue weighted by atomic mass is 32.1. The summed E-state index contributed by atoms with van der Waals surface area (Å²) in [7, 11) is 10.2. The Morgan fingerprint density at radius 2 is 1.34 bits per heavy atom. The standard InChI is InChI=1S/C24H23N3O4S/c1-26-15-10-19(30-6)22(20(11-15)31-7)21-12-16(27(2)3)24(32-21)23-17(28-4)8-14(13-25)9-18(23)29-5/h8-12H,2-7H3. The SMILES string of the molecule is [C-]#[N+]c1cc(OC)c(-c2cc(N(C)C)c(-c3c(OC)cc(C#N)cc3OC)s2)c(OC)c1. The summed E-state index contributed by atoms with van der Waals surface area (Å²) in [6, 6.07) is 11.0. The van der Waals surface area contributed by atoms with Crippen LogP contribution in [0.5, 0.6) is 23.0 Å². The molecule has 0 saturated heterocycles. The van der Waals surface area contributed by atoms with Crippen molar-refractivity contribution in [2.75, 3.05) is 47.4 Å². The van der Waals surface area contributed by atoms with Crippen LogP contribution in [0.1, 0.15) is 5.56 Å². The van der Waals surface area contributed by atoms with E-state index in [1.807, 2.05) is 25.1 Å². The summed E-state index contributed by atoms with van der Waals surface area (Å²) in [5.74, 6) is 2.18. The number of ether oxygens (including phenoxy) is 4. The summed E-state index contributed by atoms with van der Waals surface area (Å²) in [6.45, 7) is 7.35. The van der Waals surface area contributed by atoms with E-state index in [9.17, 15) is 5.26 Å². The Morgan fingerprint density at radius 3 is 1.75 bits per heavy atom. The zero-order chi connectivity index (χ0) is 23.4. The van der Waals surface area contributed by atoms with Gasteiger partial charge in [0.25, 0.3) is 0 Å². The Balaban J connectivity index is 2.35. The van der Waals surface area contributed by atoms with Crippen molar-refractivity contribution in [1.82, 2.24) is 0 Å². The number of anilines is 1. The van der Waals surface area contributed by atoms with Gasteiger partial charge in [0.05, 0.1) is 68.3 Å². The van der Waals surface area contributed by atoms with E-state index >= 15 is 0 Å². The number of methoxy groups -OCH3 is 4. The van der Waals surface area contributed by atoms with Crippen LogP contribution in [-0.4, -0.2) is 42.5 Å². The summed E-state index contributed by atoms with van der Waals surface area (Å²) in [6.07, 6.45) is 0. The Hall–Kier alpha value is -3.88. The first-order valence-corrected chi connectivity index (χ1v) is 10.3. The van der Waals surface area contributed by atoms with Crippen molar-refractivity contribution >= 4 is 22.7 Å². The molecule has 0 aliphatic heterocycles. The van der Waals surface area contributed by atoms with E-state index in [0.717, 1.165) is 26.6 Å². The molecule has 0 N–H and O–H groups in total. The van der Waals surface area contributed by atoms with E-state index in [-0.39, 0.29) is 0 Å². The smallest absolute Gasteiger partial charge is 0.194 e. The van der Waals surface area contributed by atoms with E-state index in [1.54, 1.807) is 52.7 Å². The third-order valence-electron chi connectivity index (χ3n) is 4.92. The van der Waals surface area contributed by atoms with Gasteiger partial charge in [-0.15, -0.1) is 11.3 Å². The summed E-state index contributed by atoms with van der Waals surface area (Å²) in [4.78, 5) is 7.30. The third kappa shape index (κ3) is 4.01. The van der Waals surface area contributed by atoms with Crippen LogP contribution in [0.2, 0.25) is 0 Å². The molecular formula is C24H23N3O4S. The van der Waals surface area contributed by atoms with Gasteiger partial charge in [-0.25, -0.2) is 4.85 Å². The lowest BCUT2D eigenvalue weighted by molar-refractivity contribution is 0.397. The van der Waals surface area contributed by atoms with Gasteiger partial charge in [-0.1, -0.05) is 0 Å². The van der Waals surface area contributed by atoms with Crippen LogP contribution < -0.4 is 23.8 Å². The van der Waals surface area contributed by atoms with Crippen molar-refractivity contribution in [2.45, 2.75) is 0 Å². The first-order chi connectivity index (χ1) is 15.4. The molecule has 8 heteroatoms. The van der Waals surface area contributed by atoms with Crippen LogP contribution in [0.15, 0.2) is 30.3 Å². The maximum absolute atomic E-state index is 9.38. The molecule has 0 radical (unpaired) electrons. The van der Waals surface area contributed by atoms with E-state index < -0.39 is 0 Å². The number of nitriles is 1. The average Bonchev–Trinajstić information content (AvgIpc) is 3.26. The fourth-order valence-corrected chi connectivity index (χ4v) is 4.76. The second kappa shape index (κ2) is 9.51. The Bertz CT molecular complexity index is 1190. The molecule has 164 valence electrons. The number of hydrogen-bond acceptors (Lipinski definition) is 7. The highest BCUT2D eigenvalue weighted by Gasteiger charge is 2.25.